The zero-order valence-corrected chi connectivity index (χ0v) is 27.4. The van der Waals surface area contributed by atoms with Gasteiger partial charge in [-0.1, -0.05) is 147 Å². The van der Waals surface area contributed by atoms with Crippen LogP contribution in [0.2, 0.25) is 0 Å². The predicted molar refractivity (Wildman–Crippen MR) is 192 cm³/mol. The molecular formula is C41H36OP2. The second kappa shape index (κ2) is 11.8. The van der Waals surface area contributed by atoms with Gasteiger partial charge < -0.3 is 4.74 Å². The second-order valence-electron chi connectivity index (χ2n) is 12.1. The fraction of sp³-hybridized carbons (Fsp3) is 0.122. The summed E-state index contributed by atoms with van der Waals surface area (Å²) in [6.45, 7) is 9.20. The Morgan fingerprint density at radius 1 is 0.432 bits per heavy atom. The van der Waals surface area contributed by atoms with Crippen molar-refractivity contribution in [2.45, 2.75) is 33.1 Å². The Labute approximate surface area is 264 Å². The number of rotatable bonds is 6. The predicted octanol–water partition coefficient (Wildman–Crippen LogP) is 8.25. The van der Waals surface area contributed by atoms with E-state index >= 15 is 0 Å². The number of aryl methyl sites for hydroxylation is 2. The standard InChI is InChI=1S/C41H36OP2/c1-29-25-35-39(37(27-29)43(31-17-9-5-10-18-31)32-19-11-6-12-20-32)42-40-36(41(35,3)4)26-30(2)28-38(40)44(33-21-13-7-14-22-33)34-23-15-8-16-24-34/h5-28H,1-4H3. The highest BCUT2D eigenvalue weighted by Gasteiger charge is 2.40. The zero-order chi connectivity index (χ0) is 30.3. The summed E-state index contributed by atoms with van der Waals surface area (Å²) in [4.78, 5) is 0. The SMILES string of the molecule is Cc1cc(P(c2ccccc2)c2ccccc2)c2c(c1)C(C)(C)c1cc(C)cc(P(c3ccccc3)c3ccccc3)c1O2. The van der Waals surface area contributed by atoms with Crippen molar-refractivity contribution in [2.24, 2.45) is 0 Å². The van der Waals surface area contributed by atoms with E-state index in [-0.39, 0.29) is 5.41 Å². The minimum atomic E-state index is -0.846. The molecule has 0 spiro atoms. The van der Waals surface area contributed by atoms with Gasteiger partial charge in [-0.05, 0) is 74.2 Å². The fourth-order valence-corrected chi connectivity index (χ4v) is 11.4. The molecule has 0 radical (unpaired) electrons. The third-order valence-electron chi connectivity index (χ3n) is 8.52. The van der Waals surface area contributed by atoms with Gasteiger partial charge in [0.25, 0.3) is 0 Å². The van der Waals surface area contributed by atoms with Crippen molar-refractivity contribution in [3.63, 3.8) is 0 Å². The lowest BCUT2D eigenvalue weighted by molar-refractivity contribution is 0.424. The molecule has 0 fully saturated rings. The lowest BCUT2D eigenvalue weighted by Gasteiger charge is -2.39. The Balaban J connectivity index is 1.49. The van der Waals surface area contributed by atoms with Gasteiger partial charge in [0.2, 0.25) is 0 Å². The quantitative estimate of drug-likeness (QED) is 0.174. The molecule has 1 aliphatic heterocycles. The molecule has 1 aliphatic rings. The van der Waals surface area contributed by atoms with Gasteiger partial charge in [0, 0.05) is 27.2 Å². The molecule has 1 heterocycles. The van der Waals surface area contributed by atoms with Crippen LogP contribution in [0.25, 0.3) is 0 Å². The van der Waals surface area contributed by atoms with Crippen LogP contribution in [0.1, 0.15) is 36.1 Å². The van der Waals surface area contributed by atoms with Crippen molar-refractivity contribution in [3.8, 4) is 11.5 Å². The van der Waals surface area contributed by atoms with E-state index in [0.29, 0.717) is 0 Å². The normalized spacial score (nSPS) is 13.3. The number of fused-ring (bicyclic) bond motifs is 2. The van der Waals surface area contributed by atoms with Gasteiger partial charge in [0.05, 0.1) is 0 Å². The first-order valence-corrected chi connectivity index (χ1v) is 17.9. The molecule has 0 N–H and O–H groups in total. The van der Waals surface area contributed by atoms with E-state index in [4.69, 9.17) is 4.74 Å². The smallest absolute Gasteiger partial charge is 0.139 e. The monoisotopic (exact) mass is 606 g/mol. The first kappa shape index (κ1) is 28.7. The van der Waals surface area contributed by atoms with Crippen molar-refractivity contribution < 1.29 is 4.74 Å². The summed E-state index contributed by atoms with van der Waals surface area (Å²) in [6, 6.07) is 53.3. The molecule has 3 heteroatoms. The van der Waals surface area contributed by atoms with Crippen LogP contribution in [-0.4, -0.2) is 0 Å². The molecule has 0 atom stereocenters. The van der Waals surface area contributed by atoms with E-state index in [9.17, 15) is 0 Å². The maximum atomic E-state index is 7.37. The van der Waals surface area contributed by atoms with Gasteiger partial charge in [-0.2, -0.15) is 0 Å². The average molecular weight is 607 g/mol. The maximum absolute atomic E-state index is 7.37. The van der Waals surface area contributed by atoms with E-state index in [2.05, 4.69) is 173 Å². The van der Waals surface area contributed by atoms with Crippen LogP contribution in [0, 0.1) is 13.8 Å². The van der Waals surface area contributed by atoms with Crippen LogP contribution in [0.3, 0.4) is 0 Å². The summed E-state index contributed by atoms with van der Waals surface area (Å²) in [5.41, 5.74) is 4.82. The van der Waals surface area contributed by atoms with Gasteiger partial charge in [-0.3, -0.25) is 0 Å². The summed E-state index contributed by atoms with van der Waals surface area (Å²) in [7, 11) is -1.69. The molecule has 0 saturated heterocycles. The first-order valence-electron chi connectivity index (χ1n) is 15.2. The van der Waals surface area contributed by atoms with E-state index in [1.807, 2.05) is 0 Å². The van der Waals surface area contributed by atoms with E-state index in [0.717, 1.165) is 11.5 Å². The summed E-state index contributed by atoms with van der Waals surface area (Å²) >= 11 is 0. The minimum Gasteiger partial charge on any atom is -0.455 e. The lowest BCUT2D eigenvalue weighted by atomic mass is 9.75. The van der Waals surface area contributed by atoms with Gasteiger partial charge in [0.15, 0.2) is 0 Å². The Kier molecular flexibility index (Phi) is 7.72. The molecule has 0 unspecified atom stereocenters. The molecule has 0 bridgehead atoms. The zero-order valence-electron chi connectivity index (χ0n) is 25.7. The van der Waals surface area contributed by atoms with Crippen LogP contribution < -0.4 is 36.6 Å². The van der Waals surface area contributed by atoms with E-state index < -0.39 is 15.8 Å². The molecule has 0 saturated carbocycles. The van der Waals surface area contributed by atoms with Gasteiger partial charge in [-0.15, -0.1) is 0 Å². The van der Waals surface area contributed by atoms with Crippen molar-refractivity contribution in [1.82, 2.24) is 0 Å². The molecule has 6 aromatic carbocycles. The van der Waals surface area contributed by atoms with Crippen LogP contribution in [0.15, 0.2) is 146 Å². The Hall–Kier alpha value is -4.02. The number of benzene rings is 6. The van der Waals surface area contributed by atoms with Crippen LogP contribution in [0.5, 0.6) is 11.5 Å². The lowest BCUT2D eigenvalue weighted by Crippen LogP contribution is -2.33. The largest absolute Gasteiger partial charge is 0.455 e. The highest BCUT2D eigenvalue weighted by molar-refractivity contribution is 7.80. The Bertz CT molecular complexity index is 1700. The van der Waals surface area contributed by atoms with Crippen molar-refractivity contribution in [2.75, 3.05) is 0 Å². The van der Waals surface area contributed by atoms with E-state index in [1.165, 1.54) is 54.1 Å². The van der Waals surface area contributed by atoms with Gasteiger partial charge in [0.1, 0.15) is 11.5 Å². The summed E-state index contributed by atoms with van der Waals surface area (Å²) in [5, 5.41) is 7.87. The van der Waals surface area contributed by atoms with Crippen molar-refractivity contribution in [3.05, 3.63) is 168 Å². The molecule has 0 amide bonds. The van der Waals surface area contributed by atoms with E-state index in [1.54, 1.807) is 0 Å². The fourth-order valence-electron chi connectivity index (χ4n) is 6.39. The summed E-state index contributed by atoms with van der Waals surface area (Å²) < 4.78 is 7.37. The maximum Gasteiger partial charge on any atom is 0.139 e. The molecular weight excluding hydrogens is 570 g/mol. The highest BCUT2D eigenvalue weighted by atomic mass is 31.1. The molecule has 1 nitrogen and oxygen atoms in total. The number of hydrogen-bond acceptors (Lipinski definition) is 1. The molecule has 44 heavy (non-hydrogen) atoms. The Morgan fingerprint density at radius 3 is 1.02 bits per heavy atom. The summed E-state index contributed by atoms with van der Waals surface area (Å²) in [6.07, 6.45) is 0. The minimum absolute atomic E-state index is 0.243. The average Bonchev–Trinajstić information content (AvgIpc) is 3.04. The van der Waals surface area contributed by atoms with Crippen LogP contribution in [0.4, 0.5) is 0 Å². The number of hydrogen-bond donors (Lipinski definition) is 0. The van der Waals surface area contributed by atoms with Crippen LogP contribution >= 0.6 is 15.8 Å². The topological polar surface area (TPSA) is 9.23 Å². The molecule has 216 valence electrons. The van der Waals surface area contributed by atoms with Crippen molar-refractivity contribution in [1.29, 1.82) is 0 Å². The van der Waals surface area contributed by atoms with Crippen LogP contribution in [-0.2, 0) is 5.41 Å². The second-order valence-corrected chi connectivity index (χ2v) is 16.4. The highest BCUT2D eigenvalue weighted by Crippen LogP contribution is 2.52. The Morgan fingerprint density at radius 2 is 0.727 bits per heavy atom. The van der Waals surface area contributed by atoms with Gasteiger partial charge in [-0.25, -0.2) is 0 Å². The summed E-state index contributed by atoms with van der Waals surface area (Å²) in [5.74, 6) is 2.04. The van der Waals surface area contributed by atoms with Gasteiger partial charge >= 0.3 is 0 Å². The molecule has 0 aliphatic carbocycles. The third-order valence-corrected chi connectivity index (χ3v) is 13.4. The molecule has 0 aromatic heterocycles. The third kappa shape index (κ3) is 5.20. The first-order chi connectivity index (χ1) is 21.4. The number of ether oxygens (including phenoxy) is 1. The molecule has 6 aromatic rings. The van der Waals surface area contributed by atoms with Crippen molar-refractivity contribution >= 4 is 47.7 Å². The molecule has 7 rings (SSSR count).